The van der Waals surface area contributed by atoms with E-state index in [2.05, 4.69) is 10.4 Å². The minimum Gasteiger partial charge on any atom is -0.495 e. The predicted molar refractivity (Wildman–Crippen MR) is 131 cm³/mol. The number of amides is 1. The number of hydrogen-bond donors (Lipinski definition) is 1. The van der Waals surface area contributed by atoms with Gasteiger partial charge < -0.3 is 10.1 Å². The zero-order chi connectivity index (χ0) is 24.4. The van der Waals surface area contributed by atoms with E-state index in [-0.39, 0.29) is 13.1 Å². The summed E-state index contributed by atoms with van der Waals surface area (Å²) in [6, 6.07) is 14.7. The van der Waals surface area contributed by atoms with Crippen LogP contribution in [0.25, 0.3) is 11.0 Å². The summed E-state index contributed by atoms with van der Waals surface area (Å²) in [6.45, 7) is 5.78. The number of rotatable bonds is 7. The summed E-state index contributed by atoms with van der Waals surface area (Å²) in [4.78, 5) is 39.9. The predicted octanol–water partition coefficient (Wildman–Crippen LogP) is 2.69. The molecule has 0 aliphatic rings. The lowest BCUT2D eigenvalue weighted by atomic mass is 10.2. The second kappa shape index (κ2) is 9.38. The lowest BCUT2D eigenvalue weighted by molar-refractivity contribution is -0.116. The van der Waals surface area contributed by atoms with E-state index in [0.29, 0.717) is 34.7 Å². The van der Waals surface area contributed by atoms with Crippen molar-refractivity contribution in [2.24, 2.45) is 0 Å². The van der Waals surface area contributed by atoms with Crippen molar-refractivity contribution in [2.45, 2.75) is 40.4 Å². The Balaban J connectivity index is 1.82. The highest BCUT2D eigenvalue weighted by Crippen LogP contribution is 2.25. The van der Waals surface area contributed by atoms with E-state index >= 15 is 0 Å². The van der Waals surface area contributed by atoms with Gasteiger partial charge in [-0.1, -0.05) is 36.4 Å². The normalized spacial score (nSPS) is 11.1. The Labute approximate surface area is 196 Å². The van der Waals surface area contributed by atoms with Crippen LogP contribution in [0, 0.1) is 13.8 Å². The van der Waals surface area contributed by atoms with Crippen LogP contribution in [-0.4, -0.2) is 31.9 Å². The van der Waals surface area contributed by atoms with Crippen molar-refractivity contribution in [3.63, 3.8) is 0 Å². The summed E-state index contributed by atoms with van der Waals surface area (Å²) in [7, 11) is 1.52. The molecule has 2 aromatic carbocycles. The molecule has 2 aromatic heterocycles. The van der Waals surface area contributed by atoms with Gasteiger partial charge in [0.15, 0.2) is 5.52 Å². The average Bonchev–Trinajstić information content (AvgIpc) is 3.16. The molecule has 34 heavy (non-hydrogen) atoms. The molecule has 2 heterocycles. The Morgan fingerprint density at radius 2 is 1.76 bits per heavy atom. The molecule has 0 spiro atoms. The minimum atomic E-state index is -0.563. The van der Waals surface area contributed by atoms with Crippen molar-refractivity contribution in [1.29, 1.82) is 0 Å². The molecule has 1 amide bonds. The fourth-order valence-corrected chi connectivity index (χ4v) is 4.10. The van der Waals surface area contributed by atoms with Gasteiger partial charge in [-0.2, -0.15) is 5.10 Å². The van der Waals surface area contributed by atoms with E-state index in [1.54, 1.807) is 23.7 Å². The van der Waals surface area contributed by atoms with Crippen molar-refractivity contribution in [3.8, 4) is 5.75 Å². The molecule has 0 aliphatic heterocycles. The first-order valence-corrected chi connectivity index (χ1v) is 11.0. The molecule has 9 heteroatoms. The Bertz CT molecular complexity index is 1480. The highest BCUT2D eigenvalue weighted by Gasteiger charge is 2.22. The maximum absolute atomic E-state index is 13.5. The average molecular weight is 462 g/mol. The van der Waals surface area contributed by atoms with Crippen molar-refractivity contribution in [1.82, 2.24) is 18.9 Å². The molecule has 0 aliphatic carbocycles. The largest absolute Gasteiger partial charge is 0.495 e. The zero-order valence-corrected chi connectivity index (χ0v) is 19.7. The van der Waals surface area contributed by atoms with Gasteiger partial charge in [0, 0.05) is 6.54 Å². The number of fused-ring (bicyclic) bond motifs is 1. The van der Waals surface area contributed by atoms with Crippen molar-refractivity contribution >= 4 is 22.6 Å². The number of benzene rings is 2. The molecule has 176 valence electrons. The maximum atomic E-state index is 13.5. The Hall–Kier alpha value is -4.14. The van der Waals surface area contributed by atoms with Gasteiger partial charge in [0.25, 0.3) is 5.56 Å². The summed E-state index contributed by atoms with van der Waals surface area (Å²) in [5.74, 6) is 0.0985. The van der Waals surface area contributed by atoms with E-state index in [9.17, 15) is 14.4 Å². The van der Waals surface area contributed by atoms with E-state index < -0.39 is 17.2 Å². The number of methoxy groups -OCH3 is 1. The van der Waals surface area contributed by atoms with Crippen LogP contribution in [0.4, 0.5) is 5.69 Å². The van der Waals surface area contributed by atoms with Crippen LogP contribution in [-0.2, 0) is 24.4 Å². The molecule has 9 nitrogen and oxygen atoms in total. The third-order valence-electron chi connectivity index (χ3n) is 5.69. The molecule has 0 fully saturated rings. The molecule has 1 N–H and O–H groups in total. The number of nitrogens with one attached hydrogen (secondary N) is 1. The highest BCUT2D eigenvalue weighted by molar-refractivity contribution is 5.93. The van der Waals surface area contributed by atoms with Crippen LogP contribution in [0.15, 0.2) is 58.1 Å². The fourth-order valence-electron chi connectivity index (χ4n) is 4.10. The number of aryl methyl sites for hydroxylation is 3. The van der Waals surface area contributed by atoms with Crippen LogP contribution in [0.1, 0.15) is 23.7 Å². The van der Waals surface area contributed by atoms with Crippen molar-refractivity contribution < 1.29 is 9.53 Å². The van der Waals surface area contributed by atoms with Gasteiger partial charge in [0.05, 0.1) is 25.0 Å². The van der Waals surface area contributed by atoms with Crippen molar-refractivity contribution in [3.05, 3.63) is 86.2 Å². The molecular weight excluding hydrogens is 434 g/mol. The van der Waals surface area contributed by atoms with Crippen LogP contribution < -0.4 is 21.3 Å². The van der Waals surface area contributed by atoms with Gasteiger partial charge in [0.2, 0.25) is 5.91 Å². The first-order valence-electron chi connectivity index (χ1n) is 11.0. The second-order valence-electron chi connectivity index (χ2n) is 8.10. The van der Waals surface area contributed by atoms with Crippen LogP contribution in [0.3, 0.4) is 0 Å². The first-order chi connectivity index (χ1) is 16.3. The topological polar surface area (TPSA) is 100 Å². The van der Waals surface area contributed by atoms with E-state index in [0.717, 1.165) is 15.7 Å². The standard InChI is InChI=1S/C25H27N5O4/c1-5-30-23-22(17(3)27-30)28(15-21(31)26-19-13-16(2)11-12-20(19)34-4)25(33)29(24(23)32)14-18-9-7-6-8-10-18/h6-13H,5,14-15H2,1-4H3,(H,26,31). The molecule has 0 atom stereocenters. The molecule has 4 aromatic rings. The summed E-state index contributed by atoms with van der Waals surface area (Å²) in [6.07, 6.45) is 0. The third kappa shape index (κ3) is 4.24. The van der Waals surface area contributed by atoms with Crippen molar-refractivity contribution in [2.75, 3.05) is 12.4 Å². The second-order valence-corrected chi connectivity index (χ2v) is 8.10. The number of anilines is 1. The molecule has 0 radical (unpaired) electrons. The highest BCUT2D eigenvalue weighted by atomic mass is 16.5. The number of hydrogen-bond acceptors (Lipinski definition) is 5. The lowest BCUT2D eigenvalue weighted by Gasteiger charge is -2.14. The van der Waals surface area contributed by atoms with Gasteiger partial charge in [-0.05, 0) is 44.0 Å². The van der Waals surface area contributed by atoms with Gasteiger partial charge in [-0.25, -0.2) is 4.79 Å². The monoisotopic (exact) mass is 461 g/mol. The minimum absolute atomic E-state index is 0.0930. The van der Waals surface area contributed by atoms with Gasteiger partial charge in [-0.15, -0.1) is 0 Å². The molecule has 4 rings (SSSR count). The quantitative estimate of drug-likeness (QED) is 0.456. The zero-order valence-electron chi connectivity index (χ0n) is 19.7. The van der Waals surface area contributed by atoms with Gasteiger partial charge in [0.1, 0.15) is 17.8 Å². The number of nitrogens with zero attached hydrogens (tertiary/aromatic N) is 4. The summed E-state index contributed by atoms with van der Waals surface area (Å²) in [5.41, 5.74) is 2.46. The van der Waals surface area contributed by atoms with E-state index in [4.69, 9.17) is 4.74 Å². The molecule has 0 saturated carbocycles. The molecule has 0 saturated heterocycles. The van der Waals surface area contributed by atoms with Gasteiger partial charge >= 0.3 is 5.69 Å². The van der Waals surface area contributed by atoms with Gasteiger partial charge in [-0.3, -0.25) is 23.4 Å². The number of carbonyl (C=O) groups excluding carboxylic acids is 1. The third-order valence-corrected chi connectivity index (χ3v) is 5.69. The summed E-state index contributed by atoms with van der Waals surface area (Å²) in [5, 5.41) is 7.27. The Kier molecular flexibility index (Phi) is 6.36. The fraction of sp³-hybridized carbons (Fsp3) is 0.280. The van der Waals surface area contributed by atoms with E-state index in [1.807, 2.05) is 50.2 Å². The summed E-state index contributed by atoms with van der Waals surface area (Å²) >= 11 is 0. The molecular formula is C25H27N5O4. The SMILES string of the molecule is CCn1nc(C)c2c1c(=O)n(Cc1ccccc1)c(=O)n2CC(=O)Nc1cc(C)ccc1OC. The van der Waals surface area contributed by atoms with Crippen LogP contribution in [0.5, 0.6) is 5.75 Å². The lowest BCUT2D eigenvalue weighted by Crippen LogP contribution is -2.42. The van der Waals surface area contributed by atoms with E-state index in [1.165, 1.54) is 11.7 Å². The summed E-state index contributed by atoms with van der Waals surface area (Å²) < 4.78 is 9.40. The molecule has 0 bridgehead atoms. The Morgan fingerprint density at radius 1 is 1.03 bits per heavy atom. The Morgan fingerprint density at radius 3 is 2.44 bits per heavy atom. The van der Waals surface area contributed by atoms with Crippen LogP contribution >= 0.6 is 0 Å². The number of ether oxygens (including phenoxy) is 1. The maximum Gasteiger partial charge on any atom is 0.332 e. The molecule has 0 unspecified atom stereocenters. The first kappa shape index (κ1) is 23.0. The number of carbonyl (C=O) groups is 1. The van der Waals surface area contributed by atoms with Crippen LogP contribution in [0.2, 0.25) is 0 Å². The number of aromatic nitrogens is 4. The smallest absolute Gasteiger partial charge is 0.332 e.